The van der Waals surface area contributed by atoms with Crippen LogP contribution in [0.2, 0.25) is 0 Å². The van der Waals surface area contributed by atoms with Crippen LogP contribution in [0, 0.1) is 0 Å². The molecule has 3 aromatic rings. The summed E-state index contributed by atoms with van der Waals surface area (Å²) in [5, 5.41) is 5.40. The van der Waals surface area contributed by atoms with Gasteiger partial charge in [-0.15, -0.1) is 0 Å². The summed E-state index contributed by atoms with van der Waals surface area (Å²) in [6.07, 6.45) is 0. The summed E-state index contributed by atoms with van der Waals surface area (Å²) >= 11 is 0. The van der Waals surface area contributed by atoms with Gasteiger partial charge in [-0.3, -0.25) is 9.59 Å². The van der Waals surface area contributed by atoms with E-state index < -0.39 is 11.9 Å². The number of benzene rings is 2. The Labute approximate surface area is 172 Å². The van der Waals surface area contributed by atoms with Crippen molar-refractivity contribution in [2.45, 2.75) is 6.61 Å². The molecule has 0 saturated heterocycles. The maximum absolute atomic E-state index is 11.9. The van der Waals surface area contributed by atoms with Gasteiger partial charge >= 0.3 is 5.97 Å². The number of hydrogen-bond donors (Lipinski definition) is 3. The number of carbonyl (C=O) groups is 2. The molecule has 0 aliphatic carbocycles. The van der Waals surface area contributed by atoms with Crippen LogP contribution in [0.25, 0.3) is 0 Å². The molecule has 10 nitrogen and oxygen atoms in total. The van der Waals surface area contributed by atoms with Crippen LogP contribution in [0.15, 0.2) is 60.7 Å². The number of nitrogens with two attached hydrogens (primary N) is 1. The monoisotopic (exact) mass is 408 g/mol. The lowest BCUT2D eigenvalue weighted by molar-refractivity contribution is -0.145. The first-order valence-corrected chi connectivity index (χ1v) is 9.01. The number of amides is 1. The van der Waals surface area contributed by atoms with Crippen molar-refractivity contribution in [1.82, 2.24) is 20.3 Å². The minimum Gasteiger partial charge on any atom is -0.484 e. The number of carbonyl (C=O) groups excluding carboxylic acids is 2. The third kappa shape index (κ3) is 6.75. The quantitative estimate of drug-likeness (QED) is 0.448. The molecular weight excluding hydrogens is 388 g/mol. The SMILES string of the molecule is Nc1nc(COC(=O)CNC(=O)COc2ccccc2)nc(Nc2ccccc2)n1. The van der Waals surface area contributed by atoms with Crippen LogP contribution in [-0.4, -0.2) is 40.0 Å². The van der Waals surface area contributed by atoms with Crippen molar-refractivity contribution in [1.29, 1.82) is 0 Å². The van der Waals surface area contributed by atoms with Crippen LogP contribution < -0.4 is 21.1 Å². The second-order valence-corrected chi connectivity index (χ2v) is 5.96. The first-order chi connectivity index (χ1) is 14.6. The van der Waals surface area contributed by atoms with Gasteiger partial charge in [0.15, 0.2) is 19.0 Å². The number of aromatic nitrogens is 3. The van der Waals surface area contributed by atoms with Crippen molar-refractivity contribution < 1.29 is 19.1 Å². The summed E-state index contributed by atoms with van der Waals surface area (Å²) in [5.41, 5.74) is 6.46. The number of nitrogen functional groups attached to an aromatic ring is 1. The maximum atomic E-state index is 11.9. The Kier molecular flexibility index (Phi) is 7.09. The Bertz CT molecular complexity index is 985. The zero-order valence-electron chi connectivity index (χ0n) is 15.9. The highest BCUT2D eigenvalue weighted by molar-refractivity contribution is 5.82. The van der Waals surface area contributed by atoms with Gasteiger partial charge < -0.3 is 25.8 Å². The Morgan fingerprint density at radius 1 is 0.933 bits per heavy atom. The number of ether oxygens (including phenoxy) is 2. The van der Waals surface area contributed by atoms with Crippen LogP contribution in [0.4, 0.5) is 17.6 Å². The summed E-state index contributed by atoms with van der Waals surface area (Å²) in [4.78, 5) is 35.7. The summed E-state index contributed by atoms with van der Waals surface area (Å²) in [6.45, 7) is -0.742. The third-order valence-electron chi connectivity index (χ3n) is 3.63. The van der Waals surface area contributed by atoms with Crippen LogP contribution >= 0.6 is 0 Å². The highest BCUT2D eigenvalue weighted by Crippen LogP contribution is 2.13. The highest BCUT2D eigenvalue weighted by Gasteiger charge is 2.10. The van der Waals surface area contributed by atoms with Crippen LogP contribution in [0.1, 0.15) is 5.82 Å². The molecule has 1 heterocycles. The van der Waals surface area contributed by atoms with Crippen molar-refractivity contribution in [2.24, 2.45) is 0 Å². The van der Waals surface area contributed by atoms with E-state index in [1.54, 1.807) is 24.3 Å². The number of esters is 1. The first kappa shape index (κ1) is 20.5. The average Bonchev–Trinajstić information content (AvgIpc) is 2.76. The van der Waals surface area contributed by atoms with E-state index in [-0.39, 0.29) is 37.5 Å². The van der Waals surface area contributed by atoms with Crippen molar-refractivity contribution >= 4 is 29.5 Å². The molecule has 1 aromatic heterocycles. The molecule has 0 aliphatic rings. The molecule has 0 atom stereocenters. The van der Waals surface area contributed by atoms with Gasteiger partial charge in [0.25, 0.3) is 5.91 Å². The van der Waals surface area contributed by atoms with Crippen molar-refractivity contribution in [3.8, 4) is 5.75 Å². The van der Waals surface area contributed by atoms with E-state index >= 15 is 0 Å². The predicted octanol–water partition coefficient (Wildman–Crippen LogP) is 1.44. The molecule has 10 heteroatoms. The van der Waals surface area contributed by atoms with Crippen molar-refractivity contribution in [3.05, 3.63) is 66.5 Å². The lowest BCUT2D eigenvalue weighted by atomic mass is 10.3. The van der Waals surface area contributed by atoms with E-state index in [1.807, 2.05) is 36.4 Å². The lowest BCUT2D eigenvalue weighted by Gasteiger charge is -2.09. The van der Waals surface area contributed by atoms with Gasteiger partial charge in [0.1, 0.15) is 12.3 Å². The molecule has 0 unspecified atom stereocenters. The molecule has 0 aliphatic heterocycles. The Balaban J connectivity index is 1.43. The summed E-state index contributed by atoms with van der Waals surface area (Å²) < 4.78 is 10.4. The standard InChI is InChI=1S/C20H20N6O4/c21-19-24-16(25-20(26-19)23-14-7-3-1-4-8-14)12-30-18(28)11-22-17(27)13-29-15-9-5-2-6-10-15/h1-10H,11-13H2,(H,22,27)(H3,21,23,24,25,26). The van der Waals surface area contributed by atoms with Gasteiger partial charge in [0, 0.05) is 5.69 Å². The largest absolute Gasteiger partial charge is 0.484 e. The molecule has 2 aromatic carbocycles. The summed E-state index contributed by atoms with van der Waals surface area (Å²) in [5.74, 6) is -0.156. The molecule has 0 bridgehead atoms. The predicted molar refractivity (Wildman–Crippen MR) is 109 cm³/mol. The molecule has 0 radical (unpaired) electrons. The molecule has 3 rings (SSSR count). The smallest absolute Gasteiger partial charge is 0.325 e. The molecule has 30 heavy (non-hydrogen) atoms. The van der Waals surface area contributed by atoms with Gasteiger partial charge in [-0.05, 0) is 24.3 Å². The number of nitrogens with zero attached hydrogens (tertiary/aromatic N) is 3. The summed E-state index contributed by atoms with van der Waals surface area (Å²) in [6, 6.07) is 18.1. The number of nitrogens with one attached hydrogen (secondary N) is 2. The maximum Gasteiger partial charge on any atom is 0.325 e. The Morgan fingerprint density at radius 3 is 2.37 bits per heavy atom. The second-order valence-electron chi connectivity index (χ2n) is 5.96. The van der Waals surface area contributed by atoms with Crippen LogP contribution in [0.5, 0.6) is 5.75 Å². The lowest BCUT2D eigenvalue weighted by Crippen LogP contribution is -2.34. The Morgan fingerprint density at radius 2 is 1.63 bits per heavy atom. The van der Waals surface area contributed by atoms with Gasteiger partial charge in [-0.25, -0.2) is 0 Å². The van der Waals surface area contributed by atoms with Gasteiger partial charge in [0.05, 0.1) is 0 Å². The molecule has 4 N–H and O–H groups in total. The van der Waals surface area contributed by atoms with Gasteiger partial charge in [-0.2, -0.15) is 15.0 Å². The van der Waals surface area contributed by atoms with E-state index in [9.17, 15) is 9.59 Å². The van der Waals surface area contributed by atoms with Crippen LogP contribution in [0.3, 0.4) is 0 Å². The van der Waals surface area contributed by atoms with Gasteiger partial charge in [0.2, 0.25) is 11.9 Å². The summed E-state index contributed by atoms with van der Waals surface area (Å²) in [7, 11) is 0. The van der Waals surface area contributed by atoms with Crippen LogP contribution in [-0.2, 0) is 20.9 Å². The number of rotatable bonds is 9. The molecule has 0 saturated carbocycles. The zero-order chi connectivity index (χ0) is 21.2. The fraction of sp³-hybridized carbons (Fsp3) is 0.150. The molecule has 0 fully saturated rings. The zero-order valence-corrected chi connectivity index (χ0v) is 15.9. The minimum atomic E-state index is -0.653. The molecular formula is C20H20N6O4. The topological polar surface area (TPSA) is 141 Å². The van der Waals surface area contributed by atoms with Gasteiger partial charge in [-0.1, -0.05) is 36.4 Å². The first-order valence-electron chi connectivity index (χ1n) is 9.01. The fourth-order valence-electron chi connectivity index (χ4n) is 2.29. The normalized spacial score (nSPS) is 10.1. The minimum absolute atomic E-state index is 0.0131. The number of hydrogen-bond acceptors (Lipinski definition) is 9. The number of para-hydroxylation sites is 2. The van der Waals surface area contributed by atoms with E-state index in [1.165, 1.54) is 0 Å². The Hall–Kier alpha value is -4.21. The molecule has 154 valence electrons. The van der Waals surface area contributed by atoms with E-state index in [0.29, 0.717) is 5.75 Å². The molecule has 0 spiro atoms. The number of anilines is 3. The second kappa shape index (κ2) is 10.4. The van der Waals surface area contributed by atoms with E-state index in [0.717, 1.165) is 5.69 Å². The fourth-order valence-corrected chi connectivity index (χ4v) is 2.29. The van der Waals surface area contributed by atoms with Crippen molar-refractivity contribution in [3.63, 3.8) is 0 Å². The van der Waals surface area contributed by atoms with E-state index in [4.69, 9.17) is 15.2 Å². The highest BCUT2D eigenvalue weighted by atomic mass is 16.5. The van der Waals surface area contributed by atoms with Crippen molar-refractivity contribution in [2.75, 3.05) is 24.2 Å². The third-order valence-corrected chi connectivity index (χ3v) is 3.63. The average molecular weight is 408 g/mol. The van der Waals surface area contributed by atoms with E-state index in [2.05, 4.69) is 25.6 Å². The molecule has 1 amide bonds.